The van der Waals surface area contributed by atoms with E-state index in [0.717, 1.165) is 0 Å². The van der Waals surface area contributed by atoms with E-state index in [-0.39, 0.29) is 6.61 Å². The van der Waals surface area contributed by atoms with Crippen molar-refractivity contribution in [3.8, 4) is 0 Å². The standard InChI is InChI=1S/C16H16O3/c1-13(17)19-12-16(18,14-8-4-2-5-9-14)15-10-6-3-7-11-15/h2-11,18H,12H2,1H3. The Kier molecular flexibility index (Phi) is 3.97. The monoisotopic (exact) mass is 256 g/mol. The molecule has 0 atom stereocenters. The molecule has 0 spiro atoms. The highest BCUT2D eigenvalue weighted by atomic mass is 16.5. The van der Waals surface area contributed by atoms with Crippen molar-refractivity contribution in [3.05, 3.63) is 71.8 Å². The molecule has 0 saturated carbocycles. The number of hydrogen-bond acceptors (Lipinski definition) is 3. The van der Waals surface area contributed by atoms with Crippen LogP contribution < -0.4 is 0 Å². The fraction of sp³-hybridized carbons (Fsp3) is 0.188. The first-order valence-corrected chi connectivity index (χ1v) is 6.10. The first-order valence-electron chi connectivity index (χ1n) is 6.10. The van der Waals surface area contributed by atoms with Gasteiger partial charge in [-0.05, 0) is 11.1 Å². The van der Waals surface area contributed by atoms with Gasteiger partial charge in [-0.1, -0.05) is 60.7 Å². The molecule has 0 aromatic heterocycles. The summed E-state index contributed by atoms with van der Waals surface area (Å²) in [5.74, 6) is -0.412. The Morgan fingerprint density at radius 3 is 1.79 bits per heavy atom. The average Bonchev–Trinajstić information content (AvgIpc) is 2.46. The Balaban J connectivity index is 2.41. The molecule has 3 nitrogen and oxygen atoms in total. The van der Waals surface area contributed by atoms with Crippen molar-refractivity contribution >= 4 is 5.97 Å². The van der Waals surface area contributed by atoms with Gasteiger partial charge >= 0.3 is 5.97 Å². The van der Waals surface area contributed by atoms with Crippen LogP contribution >= 0.6 is 0 Å². The van der Waals surface area contributed by atoms with Crippen LogP contribution in [0.15, 0.2) is 60.7 Å². The quantitative estimate of drug-likeness (QED) is 0.855. The summed E-state index contributed by atoms with van der Waals surface area (Å²) in [7, 11) is 0. The molecule has 0 fully saturated rings. The van der Waals surface area contributed by atoms with Gasteiger partial charge in [-0.3, -0.25) is 4.79 Å². The average molecular weight is 256 g/mol. The zero-order valence-corrected chi connectivity index (χ0v) is 10.7. The van der Waals surface area contributed by atoms with Gasteiger partial charge in [0.2, 0.25) is 0 Å². The number of aliphatic hydroxyl groups is 1. The minimum Gasteiger partial charge on any atom is -0.462 e. The fourth-order valence-corrected chi connectivity index (χ4v) is 1.97. The molecule has 2 aromatic carbocycles. The van der Waals surface area contributed by atoms with E-state index < -0.39 is 11.6 Å². The van der Waals surface area contributed by atoms with Crippen LogP contribution in [-0.4, -0.2) is 17.7 Å². The van der Waals surface area contributed by atoms with Gasteiger partial charge in [0.1, 0.15) is 12.2 Å². The lowest BCUT2D eigenvalue weighted by Gasteiger charge is -2.28. The summed E-state index contributed by atoms with van der Waals surface area (Å²) in [6, 6.07) is 18.4. The summed E-state index contributed by atoms with van der Waals surface area (Å²) in [5, 5.41) is 10.9. The molecule has 0 saturated heterocycles. The van der Waals surface area contributed by atoms with Crippen molar-refractivity contribution in [1.29, 1.82) is 0 Å². The molecule has 0 unspecified atom stereocenters. The van der Waals surface area contributed by atoms with E-state index in [2.05, 4.69) is 0 Å². The Bertz CT molecular complexity index is 495. The number of ether oxygens (including phenoxy) is 1. The number of benzene rings is 2. The number of esters is 1. The molecule has 1 N–H and O–H groups in total. The smallest absolute Gasteiger partial charge is 0.302 e. The molecule has 0 amide bonds. The second kappa shape index (κ2) is 5.67. The van der Waals surface area contributed by atoms with Crippen molar-refractivity contribution in [2.45, 2.75) is 12.5 Å². The lowest BCUT2D eigenvalue weighted by molar-refractivity contribution is -0.147. The lowest BCUT2D eigenvalue weighted by atomic mass is 9.87. The number of carbonyl (C=O) groups is 1. The topological polar surface area (TPSA) is 46.5 Å². The molecule has 0 radical (unpaired) electrons. The van der Waals surface area contributed by atoms with Crippen LogP contribution in [-0.2, 0) is 15.1 Å². The zero-order chi connectivity index (χ0) is 13.7. The third-order valence-electron chi connectivity index (χ3n) is 2.99. The first-order chi connectivity index (χ1) is 9.13. The SMILES string of the molecule is CC(=O)OCC(O)(c1ccccc1)c1ccccc1. The molecule has 0 aliphatic rings. The molecule has 19 heavy (non-hydrogen) atoms. The number of carbonyl (C=O) groups excluding carboxylic acids is 1. The van der Waals surface area contributed by atoms with Crippen LogP contribution in [0.2, 0.25) is 0 Å². The van der Waals surface area contributed by atoms with E-state index in [4.69, 9.17) is 4.74 Å². The maximum absolute atomic E-state index is 11.0. The minimum absolute atomic E-state index is 0.101. The number of hydrogen-bond donors (Lipinski definition) is 1. The normalized spacial score (nSPS) is 11.1. The predicted molar refractivity (Wildman–Crippen MR) is 72.5 cm³/mol. The highest BCUT2D eigenvalue weighted by Crippen LogP contribution is 2.29. The summed E-state index contributed by atoms with van der Waals surface area (Å²) in [6.07, 6.45) is 0. The summed E-state index contributed by atoms with van der Waals surface area (Å²) in [6.45, 7) is 1.23. The lowest BCUT2D eigenvalue weighted by Crippen LogP contribution is -2.33. The van der Waals surface area contributed by atoms with Gasteiger partial charge in [0.15, 0.2) is 0 Å². The largest absolute Gasteiger partial charge is 0.462 e. The van der Waals surface area contributed by atoms with Crippen LogP contribution in [0.1, 0.15) is 18.1 Å². The van der Waals surface area contributed by atoms with Crippen LogP contribution in [0.25, 0.3) is 0 Å². The van der Waals surface area contributed by atoms with E-state index in [0.29, 0.717) is 11.1 Å². The van der Waals surface area contributed by atoms with Gasteiger partial charge in [0.25, 0.3) is 0 Å². The fourth-order valence-electron chi connectivity index (χ4n) is 1.97. The van der Waals surface area contributed by atoms with Crippen molar-refractivity contribution in [1.82, 2.24) is 0 Å². The van der Waals surface area contributed by atoms with Crippen molar-refractivity contribution < 1.29 is 14.6 Å². The molecule has 0 aliphatic carbocycles. The van der Waals surface area contributed by atoms with Gasteiger partial charge in [0.05, 0.1) is 0 Å². The Morgan fingerprint density at radius 1 is 1.00 bits per heavy atom. The molecular formula is C16H16O3. The molecule has 0 heterocycles. The van der Waals surface area contributed by atoms with Crippen molar-refractivity contribution in [3.63, 3.8) is 0 Å². The maximum atomic E-state index is 11.0. The van der Waals surface area contributed by atoms with E-state index in [1.807, 2.05) is 60.7 Å². The van der Waals surface area contributed by atoms with Crippen molar-refractivity contribution in [2.75, 3.05) is 6.61 Å². The van der Waals surface area contributed by atoms with Crippen LogP contribution in [0.3, 0.4) is 0 Å². The summed E-state index contributed by atoms with van der Waals surface area (Å²) in [4.78, 5) is 11.0. The Hall–Kier alpha value is -2.13. The highest BCUT2D eigenvalue weighted by Gasteiger charge is 2.32. The van der Waals surface area contributed by atoms with E-state index >= 15 is 0 Å². The maximum Gasteiger partial charge on any atom is 0.302 e. The molecule has 2 rings (SSSR count). The molecular weight excluding hydrogens is 240 g/mol. The zero-order valence-electron chi connectivity index (χ0n) is 10.7. The molecule has 0 aliphatic heterocycles. The predicted octanol–water partition coefficient (Wildman–Crippen LogP) is 2.49. The van der Waals surface area contributed by atoms with Crippen LogP contribution in [0, 0.1) is 0 Å². The molecule has 2 aromatic rings. The van der Waals surface area contributed by atoms with Gasteiger partial charge in [-0.2, -0.15) is 0 Å². The molecule has 0 bridgehead atoms. The summed E-state index contributed by atoms with van der Waals surface area (Å²) in [5.41, 5.74) is 0.0682. The van der Waals surface area contributed by atoms with E-state index in [1.165, 1.54) is 6.92 Å². The highest BCUT2D eigenvalue weighted by molar-refractivity contribution is 5.66. The van der Waals surface area contributed by atoms with Crippen LogP contribution in [0.5, 0.6) is 0 Å². The van der Waals surface area contributed by atoms with Gasteiger partial charge in [-0.25, -0.2) is 0 Å². The van der Waals surface area contributed by atoms with Crippen LogP contribution in [0.4, 0.5) is 0 Å². The molecule has 98 valence electrons. The van der Waals surface area contributed by atoms with Gasteiger partial charge in [-0.15, -0.1) is 0 Å². The third kappa shape index (κ3) is 3.01. The summed E-state index contributed by atoms with van der Waals surface area (Å²) < 4.78 is 5.03. The summed E-state index contributed by atoms with van der Waals surface area (Å²) >= 11 is 0. The van der Waals surface area contributed by atoms with Gasteiger partial charge in [0, 0.05) is 6.92 Å². The third-order valence-corrected chi connectivity index (χ3v) is 2.99. The van der Waals surface area contributed by atoms with Gasteiger partial charge < -0.3 is 9.84 Å². The Morgan fingerprint density at radius 2 is 1.42 bits per heavy atom. The first kappa shape index (κ1) is 13.3. The number of rotatable bonds is 4. The van der Waals surface area contributed by atoms with Crippen molar-refractivity contribution in [2.24, 2.45) is 0 Å². The minimum atomic E-state index is -1.33. The second-order valence-corrected chi connectivity index (χ2v) is 4.37. The Labute approximate surface area is 112 Å². The second-order valence-electron chi connectivity index (χ2n) is 4.37. The van der Waals surface area contributed by atoms with E-state index in [9.17, 15) is 9.90 Å². The van der Waals surface area contributed by atoms with E-state index in [1.54, 1.807) is 0 Å². The molecule has 3 heteroatoms.